The minimum Gasteiger partial charge on any atom is -0.487 e. The Labute approximate surface area is 233 Å². The fourth-order valence-corrected chi connectivity index (χ4v) is 8.15. The zero-order chi connectivity index (χ0) is 27.4. The van der Waals surface area contributed by atoms with Crippen molar-refractivity contribution in [1.29, 1.82) is 0 Å². The zero-order valence-corrected chi connectivity index (χ0v) is 24.0. The van der Waals surface area contributed by atoms with Gasteiger partial charge in [0.15, 0.2) is 0 Å². The van der Waals surface area contributed by atoms with Gasteiger partial charge in [-0.3, -0.25) is 0 Å². The molecule has 2 aromatic rings. The van der Waals surface area contributed by atoms with Crippen LogP contribution in [0.15, 0.2) is 42.5 Å². The number of ether oxygens (including phenoxy) is 1. The third-order valence-electron chi connectivity index (χ3n) is 9.15. The van der Waals surface area contributed by atoms with E-state index in [1.807, 2.05) is 25.1 Å². The molecule has 0 radical (unpaired) electrons. The van der Waals surface area contributed by atoms with Crippen LogP contribution in [0.5, 0.6) is 5.75 Å². The Hall–Kier alpha value is -2.13. The maximum absolute atomic E-state index is 13.3. The molecule has 2 heterocycles. The summed E-state index contributed by atoms with van der Waals surface area (Å²) in [6, 6.07) is 14.0. The van der Waals surface area contributed by atoms with Gasteiger partial charge < -0.3 is 19.8 Å². The summed E-state index contributed by atoms with van der Waals surface area (Å²) in [6.45, 7) is 4.05. The minimum absolute atomic E-state index is 0.282. The van der Waals surface area contributed by atoms with E-state index in [2.05, 4.69) is 27.8 Å². The topological polar surface area (TPSA) is 103 Å². The largest absolute Gasteiger partial charge is 0.487 e. The Morgan fingerprint density at radius 3 is 2.59 bits per heavy atom. The molecule has 0 spiro atoms. The summed E-state index contributed by atoms with van der Waals surface area (Å²) >= 11 is 0. The molecule has 2 aliphatic heterocycles. The van der Waals surface area contributed by atoms with Crippen molar-refractivity contribution in [2.75, 3.05) is 18.0 Å². The van der Waals surface area contributed by atoms with Crippen LogP contribution in [0, 0.1) is 11.8 Å². The summed E-state index contributed by atoms with van der Waals surface area (Å²) in [4.78, 5) is 2.36. The average molecular weight is 558 g/mol. The fraction of sp³-hybridized carbons (Fsp3) is 0.613. The molecule has 2 unspecified atom stereocenters. The molecule has 1 fully saturated rings. The van der Waals surface area contributed by atoms with Crippen molar-refractivity contribution in [3.05, 3.63) is 59.2 Å². The number of aryl methyl sites for hydroxylation is 1. The number of fused-ring (bicyclic) bond motifs is 3. The predicted octanol–water partition coefficient (Wildman–Crippen LogP) is 5.22. The molecular formula is C31H45N2O5S+. The van der Waals surface area contributed by atoms with Crippen molar-refractivity contribution < 1.29 is 23.4 Å². The molecule has 3 aliphatic rings. The van der Waals surface area contributed by atoms with E-state index >= 15 is 0 Å². The lowest BCUT2D eigenvalue weighted by atomic mass is 9.69. The number of nitrogens with one attached hydrogen (secondary N) is 1. The number of nitrogens with zero attached hydrogens (tertiary/aromatic N) is 1. The lowest BCUT2D eigenvalue weighted by Crippen LogP contribution is -2.44. The Balaban J connectivity index is 1.51. The van der Waals surface area contributed by atoms with Crippen LogP contribution in [-0.2, 0) is 23.1 Å². The van der Waals surface area contributed by atoms with Crippen LogP contribution < -0.4 is 14.4 Å². The Morgan fingerprint density at radius 2 is 1.82 bits per heavy atom. The van der Waals surface area contributed by atoms with Crippen molar-refractivity contribution >= 4 is 15.7 Å². The van der Waals surface area contributed by atoms with E-state index in [1.165, 1.54) is 11.1 Å². The molecule has 8 heteroatoms. The lowest BCUT2D eigenvalue weighted by molar-refractivity contribution is 0.00933. The molecular weight excluding hydrogens is 512 g/mol. The first-order chi connectivity index (χ1) is 18.9. The van der Waals surface area contributed by atoms with Crippen molar-refractivity contribution in [3.8, 4) is 5.75 Å². The Morgan fingerprint density at radius 1 is 1.03 bits per heavy atom. The van der Waals surface area contributed by atoms with Crippen LogP contribution in [-0.4, -0.2) is 43.1 Å². The maximum Gasteiger partial charge on any atom is 0.348 e. The molecule has 4 N–H and O–H groups in total. The van der Waals surface area contributed by atoms with Crippen molar-refractivity contribution in [1.82, 2.24) is 4.72 Å². The molecule has 1 aliphatic carbocycles. The van der Waals surface area contributed by atoms with Gasteiger partial charge in [0.2, 0.25) is 0 Å². The summed E-state index contributed by atoms with van der Waals surface area (Å²) in [5.41, 5.74) is 3.95. The highest BCUT2D eigenvalue weighted by molar-refractivity contribution is 7.90. The number of benzene rings is 2. The second kappa shape index (κ2) is 12.6. The fourth-order valence-electron chi connectivity index (χ4n) is 6.56. The maximum atomic E-state index is 13.3. The van der Waals surface area contributed by atoms with E-state index in [0.29, 0.717) is 30.9 Å². The molecule has 0 amide bonds. The van der Waals surface area contributed by atoms with E-state index < -0.39 is 21.5 Å². The summed E-state index contributed by atoms with van der Waals surface area (Å²) in [5.74, 6) is 1.44. The minimum atomic E-state index is -3.47. The van der Waals surface area contributed by atoms with E-state index in [-0.39, 0.29) is 12.0 Å². The van der Waals surface area contributed by atoms with Crippen LogP contribution in [0.25, 0.3) is 0 Å². The van der Waals surface area contributed by atoms with Gasteiger partial charge in [0.1, 0.15) is 23.8 Å². The molecule has 6 atom stereocenters. The highest BCUT2D eigenvalue weighted by Crippen LogP contribution is 2.42. The third-order valence-corrected chi connectivity index (χ3v) is 11.2. The molecule has 2 aromatic carbocycles. The van der Waals surface area contributed by atoms with E-state index in [9.17, 15) is 18.6 Å². The van der Waals surface area contributed by atoms with Crippen LogP contribution >= 0.6 is 0 Å². The molecule has 7 nitrogen and oxygen atoms in total. The highest BCUT2D eigenvalue weighted by Gasteiger charge is 2.38. The van der Waals surface area contributed by atoms with Crippen LogP contribution in [0.3, 0.4) is 0 Å². The SMILES string of the molecule is CC[C@@H]1CCCC[C@H](O)[C@@H]2CC[C@H]2CN2CCCCc3ccccc3COc3ccc(cc32)C(O)NS1(=O)=[OH+]. The van der Waals surface area contributed by atoms with Gasteiger partial charge in [0.25, 0.3) is 0 Å². The standard InChI is InChI=1S/C31H44N2O5S/c1-2-26-12-5-6-13-29(34)27-16-14-24(27)20-33-18-8-7-10-22-9-3-4-11-25(22)21-38-30-17-15-23(19-28(30)33)31(35)32-39(26,36)37/h3-4,9,11,15,17,19,24,26-27,29,31,34-35H,2,5-8,10,12-14,16,18,20-21H2,1H3,(H,32,36,37)/p+1/t24-,26+,27+,29-,31?/m0/s1. The summed E-state index contributed by atoms with van der Waals surface area (Å²) in [5, 5.41) is 21.7. The lowest BCUT2D eigenvalue weighted by Gasteiger charge is -2.43. The second-order valence-electron chi connectivity index (χ2n) is 11.7. The first-order valence-electron chi connectivity index (χ1n) is 14.8. The third kappa shape index (κ3) is 6.62. The molecule has 214 valence electrons. The Kier molecular flexibility index (Phi) is 9.16. The molecule has 0 aromatic heterocycles. The summed E-state index contributed by atoms with van der Waals surface area (Å²) < 4.78 is 33.3. The van der Waals surface area contributed by atoms with E-state index in [1.54, 1.807) is 6.07 Å². The summed E-state index contributed by atoms with van der Waals surface area (Å²) in [6.07, 6.45) is 7.09. The molecule has 2 bridgehead atoms. The molecule has 39 heavy (non-hydrogen) atoms. The van der Waals surface area contributed by atoms with Crippen molar-refractivity contribution in [3.63, 3.8) is 0 Å². The first-order valence-corrected chi connectivity index (χ1v) is 16.4. The Bertz CT molecular complexity index is 1220. The number of hydrogen-bond donors (Lipinski definition) is 3. The predicted molar refractivity (Wildman–Crippen MR) is 155 cm³/mol. The molecule has 1 saturated carbocycles. The smallest absolute Gasteiger partial charge is 0.348 e. The monoisotopic (exact) mass is 557 g/mol. The average Bonchev–Trinajstić information content (AvgIpc) is 2.93. The molecule has 5 rings (SSSR count). The van der Waals surface area contributed by atoms with Gasteiger partial charge >= 0.3 is 10.0 Å². The highest BCUT2D eigenvalue weighted by atomic mass is 32.2. The van der Waals surface area contributed by atoms with E-state index in [0.717, 1.165) is 75.9 Å². The number of anilines is 1. The van der Waals surface area contributed by atoms with Gasteiger partial charge in [-0.05, 0) is 92.0 Å². The zero-order valence-electron chi connectivity index (χ0n) is 23.1. The first kappa shape index (κ1) is 28.4. The van der Waals surface area contributed by atoms with Gasteiger partial charge in [0, 0.05) is 13.1 Å². The van der Waals surface area contributed by atoms with Crippen LogP contribution in [0.2, 0.25) is 0 Å². The van der Waals surface area contributed by atoms with Gasteiger partial charge in [-0.2, -0.15) is 4.21 Å². The normalized spacial score (nSPS) is 32.5. The van der Waals surface area contributed by atoms with E-state index in [4.69, 9.17) is 4.74 Å². The molecule has 0 saturated heterocycles. The number of rotatable bonds is 1. The number of hydrogen-bond acceptors (Lipinski definition) is 5. The van der Waals surface area contributed by atoms with Crippen LogP contribution in [0.1, 0.15) is 87.6 Å². The van der Waals surface area contributed by atoms with Gasteiger partial charge in [0.05, 0.1) is 11.8 Å². The van der Waals surface area contributed by atoms with Gasteiger partial charge in [-0.25, -0.2) is 4.21 Å². The quantitative estimate of drug-likeness (QED) is 0.418. The van der Waals surface area contributed by atoms with Crippen molar-refractivity contribution in [2.45, 2.75) is 95.3 Å². The second-order valence-corrected chi connectivity index (χ2v) is 13.7. The number of aliphatic hydroxyl groups excluding tert-OH is 2. The van der Waals surface area contributed by atoms with Gasteiger partial charge in [-0.1, -0.05) is 50.1 Å². The number of aliphatic hydroxyl groups is 2. The van der Waals surface area contributed by atoms with Crippen LogP contribution in [0.4, 0.5) is 5.69 Å². The summed E-state index contributed by atoms with van der Waals surface area (Å²) in [7, 11) is -3.47. The van der Waals surface area contributed by atoms with Crippen molar-refractivity contribution in [2.24, 2.45) is 11.8 Å². The van der Waals surface area contributed by atoms with Gasteiger partial charge in [-0.15, -0.1) is 4.72 Å².